The third kappa shape index (κ3) is 5.12. The Morgan fingerprint density at radius 1 is 1.30 bits per heavy atom. The Labute approximate surface area is 141 Å². The van der Waals surface area contributed by atoms with Crippen LogP contribution in [-0.4, -0.2) is 49.0 Å². The zero-order valence-electron chi connectivity index (χ0n) is 13.1. The molecule has 2 unspecified atom stereocenters. The molecular weight excluding hydrogens is 310 g/mol. The summed E-state index contributed by atoms with van der Waals surface area (Å²) < 4.78 is 11.4. The molecule has 23 heavy (non-hydrogen) atoms. The average Bonchev–Trinajstić information content (AvgIpc) is 3.11. The minimum absolute atomic E-state index is 0.118. The lowest BCUT2D eigenvalue weighted by molar-refractivity contribution is -0.0535. The van der Waals surface area contributed by atoms with Gasteiger partial charge in [0.15, 0.2) is 0 Å². The van der Waals surface area contributed by atoms with Crippen molar-refractivity contribution >= 4 is 11.3 Å². The number of aliphatic hydroxyl groups is 1. The third-order valence-corrected chi connectivity index (χ3v) is 4.66. The van der Waals surface area contributed by atoms with E-state index in [0.717, 1.165) is 18.7 Å². The zero-order valence-corrected chi connectivity index (χ0v) is 14.0. The molecule has 1 aromatic carbocycles. The Morgan fingerprint density at radius 2 is 2.17 bits per heavy atom. The van der Waals surface area contributed by atoms with Gasteiger partial charge in [0.25, 0.3) is 0 Å². The predicted molar refractivity (Wildman–Crippen MR) is 91.6 cm³/mol. The second-order valence-electron chi connectivity index (χ2n) is 5.83. The molecule has 1 aliphatic heterocycles. The molecule has 0 saturated carbocycles. The van der Waals surface area contributed by atoms with Crippen LogP contribution in [0.3, 0.4) is 0 Å². The van der Waals surface area contributed by atoms with E-state index in [9.17, 15) is 5.11 Å². The first-order valence-corrected chi connectivity index (χ1v) is 8.91. The number of benzene rings is 1. The van der Waals surface area contributed by atoms with Crippen molar-refractivity contribution in [1.29, 1.82) is 0 Å². The van der Waals surface area contributed by atoms with Crippen molar-refractivity contribution in [3.8, 4) is 0 Å². The SMILES string of the molecule is OC(COCc1ccccc1)CN1CCOC(c2ccsc2)C1. The maximum atomic E-state index is 10.2. The van der Waals surface area contributed by atoms with Crippen molar-refractivity contribution in [2.75, 3.05) is 32.8 Å². The van der Waals surface area contributed by atoms with Gasteiger partial charge in [0.05, 0.1) is 32.0 Å². The van der Waals surface area contributed by atoms with E-state index in [4.69, 9.17) is 9.47 Å². The maximum absolute atomic E-state index is 10.2. The van der Waals surface area contributed by atoms with Crippen molar-refractivity contribution < 1.29 is 14.6 Å². The summed E-state index contributed by atoms with van der Waals surface area (Å²) in [6, 6.07) is 12.1. The molecule has 1 fully saturated rings. The van der Waals surface area contributed by atoms with Gasteiger partial charge < -0.3 is 14.6 Å². The standard InChI is InChI=1S/C18H23NO3S/c20-17(13-21-12-15-4-2-1-3-5-15)10-19-7-8-22-18(11-19)16-6-9-23-14-16/h1-6,9,14,17-18,20H,7-8,10-13H2. The summed E-state index contributed by atoms with van der Waals surface area (Å²) in [7, 11) is 0. The molecule has 1 aromatic heterocycles. The highest BCUT2D eigenvalue weighted by Gasteiger charge is 2.23. The van der Waals surface area contributed by atoms with E-state index >= 15 is 0 Å². The van der Waals surface area contributed by atoms with Gasteiger partial charge in [0.2, 0.25) is 0 Å². The van der Waals surface area contributed by atoms with Crippen LogP contribution in [0.5, 0.6) is 0 Å². The minimum Gasteiger partial charge on any atom is -0.389 e. The fraction of sp³-hybridized carbons (Fsp3) is 0.444. The first-order valence-electron chi connectivity index (χ1n) is 7.97. The summed E-state index contributed by atoms with van der Waals surface area (Å²) in [5, 5.41) is 14.4. The molecule has 2 aromatic rings. The predicted octanol–water partition coefficient (Wildman–Crippen LogP) is 2.70. The smallest absolute Gasteiger partial charge is 0.0960 e. The molecule has 1 saturated heterocycles. The van der Waals surface area contributed by atoms with Gasteiger partial charge in [-0.15, -0.1) is 0 Å². The molecule has 4 nitrogen and oxygen atoms in total. The second kappa shape index (κ2) is 8.57. The van der Waals surface area contributed by atoms with E-state index in [1.165, 1.54) is 5.56 Å². The van der Waals surface area contributed by atoms with Crippen molar-refractivity contribution in [2.24, 2.45) is 0 Å². The van der Waals surface area contributed by atoms with Gasteiger partial charge in [0.1, 0.15) is 0 Å². The van der Waals surface area contributed by atoms with Crippen LogP contribution in [0.25, 0.3) is 0 Å². The molecule has 2 heterocycles. The summed E-state index contributed by atoms with van der Waals surface area (Å²) in [5.74, 6) is 0. The van der Waals surface area contributed by atoms with Crippen LogP contribution in [-0.2, 0) is 16.1 Å². The van der Waals surface area contributed by atoms with Gasteiger partial charge in [-0.25, -0.2) is 0 Å². The van der Waals surface area contributed by atoms with Gasteiger partial charge >= 0.3 is 0 Å². The van der Waals surface area contributed by atoms with E-state index < -0.39 is 6.10 Å². The number of nitrogens with zero attached hydrogens (tertiary/aromatic N) is 1. The van der Waals surface area contributed by atoms with E-state index in [1.807, 2.05) is 30.3 Å². The Kier molecular flexibility index (Phi) is 6.19. The number of thiophene rings is 1. The van der Waals surface area contributed by atoms with E-state index in [1.54, 1.807) is 11.3 Å². The van der Waals surface area contributed by atoms with Gasteiger partial charge in [-0.1, -0.05) is 30.3 Å². The molecule has 1 N–H and O–H groups in total. The average molecular weight is 333 g/mol. The highest BCUT2D eigenvalue weighted by molar-refractivity contribution is 7.07. The van der Waals surface area contributed by atoms with Gasteiger partial charge in [-0.05, 0) is 28.0 Å². The number of β-amino-alcohol motifs (C(OH)–C–C–N with tert-alkyl or cyclic N) is 1. The van der Waals surface area contributed by atoms with Crippen LogP contribution < -0.4 is 0 Å². The van der Waals surface area contributed by atoms with Crippen LogP contribution in [0.4, 0.5) is 0 Å². The van der Waals surface area contributed by atoms with Crippen LogP contribution in [0.2, 0.25) is 0 Å². The highest BCUT2D eigenvalue weighted by Crippen LogP contribution is 2.24. The molecule has 3 rings (SSSR count). The van der Waals surface area contributed by atoms with Gasteiger partial charge in [0, 0.05) is 19.6 Å². The van der Waals surface area contributed by atoms with Crippen molar-refractivity contribution in [1.82, 2.24) is 4.90 Å². The Hall–Kier alpha value is -1.24. The Bertz CT molecular complexity index is 561. The summed E-state index contributed by atoms with van der Waals surface area (Å²) >= 11 is 1.69. The summed E-state index contributed by atoms with van der Waals surface area (Å²) in [6.07, 6.45) is -0.354. The first kappa shape index (κ1) is 16.6. The second-order valence-corrected chi connectivity index (χ2v) is 6.61. The Balaban J connectivity index is 1.40. The van der Waals surface area contributed by atoms with Crippen molar-refractivity contribution in [2.45, 2.75) is 18.8 Å². The number of hydrogen-bond donors (Lipinski definition) is 1. The minimum atomic E-state index is -0.472. The lowest BCUT2D eigenvalue weighted by atomic mass is 10.1. The molecule has 0 bridgehead atoms. The molecular formula is C18H23NO3S. The van der Waals surface area contributed by atoms with Gasteiger partial charge in [-0.2, -0.15) is 11.3 Å². The normalized spacial score (nSPS) is 20.5. The number of morpholine rings is 1. The largest absolute Gasteiger partial charge is 0.389 e. The van der Waals surface area contributed by atoms with Crippen LogP contribution in [0.15, 0.2) is 47.2 Å². The van der Waals surface area contributed by atoms with E-state index in [2.05, 4.69) is 21.7 Å². The van der Waals surface area contributed by atoms with E-state index in [-0.39, 0.29) is 6.10 Å². The highest BCUT2D eigenvalue weighted by atomic mass is 32.1. The summed E-state index contributed by atoms with van der Waals surface area (Å²) in [4.78, 5) is 2.25. The number of hydrogen-bond acceptors (Lipinski definition) is 5. The number of aliphatic hydroxyl groups excluding tert-OH is 1. The summed E-state index contributed by atoms with van der Waals surface area (Å²) in [6.45, 7) is 3.91. The summed E-state index contributed by atoms with van der Waals surface area (Å²) in [5.41, 5.74) is 2.36. The maximum Gasteiger partial charge on any atom is 0.0960 e. The molecule has 0 radical (unpaired) electrons. The lowest BCUT2D eigenvalue weighted by Gasteiger charge is -2.33. The molecule has 5 heteroatoms. The Morgan fingerprint density at radius 3 is 2.96 bits per heavy atom. The van der Waals surface area contributed by atoms with Crippen LogP contribution in [0, 0.1) is 0 Å². The molecule has 0 spiro atoms. The van der Waals surface area contributed by atoms with Gasteiger partial charge in [-0.3, -0.25) is 4.90 Å². The van der Waals surface area contributed by atoms with E-state index in [0.29, 0.717) is 26.4 Å². The van der Waals surface area contributed by atoms with Crippen molar-refractivity contribution in [3.63, 3.8) is 0 Å². The third-order valence-electron chi connectivity index (χ3n) is 3.96. The van der Waals surface area contributed by atoms with Crippen LogP contribution in [0.1, 0.15) is 17.2 Å². The molecule has 1 aliphatic rings. The molecule has 2 atom stereocenters. The molecule has 0 aliphatic carbocycles. The lowest BCUT2D eigenvalue weighted by Crippen LogP contribution is -2.43. The number of rotatable bonds is 7. The first-order chi connectivity index (χ1) is 11.3. The van der Waals surface area contributed by atoms with Crippen LogP contribution >= 0.6 is 11.3 Å². The topological polar surface area (TPSA) is 41.9 Å². The zero-order chi connectivity index (χ0) is 15.9. The fourth-order valence-corrected chi connectivity index (χ4v) is 3.47. The monoisotopic (exact) mass is 333 g/mol. The van der Waals surface area contributed by atoms with Crippen molar-refractivity contribution in [3.05, 3.63) is 58.3 Å². The fourth-order valence-electron chi connectivity index (χ4n) is 2.77. The number of ether oxygens (including phenoxy) is 2. The molecule has 0 amide bonds. The quantitative estimate of drug-likeness (QED) is 0.846. The molecule has 124 valence electrons.